The molecule has 0 aliphatic carbocycles. The van der Waals surface area contributed by atoms with Crippen LogP contribution in [0.1, 0.15) is 32.0 Å². The van der Waals surface area contributed by atoms with Crippen LogP contribution in [-0.2, 0) is 11.3 Å². The molecule has 0 radical (unpaired) electrons. The first-order chi connectivity index (χ1) is 8.19. The molecular formula is C13H19BrN2O2. The van der Waals surface area contributed by atoms with Gasteiger partial charge in [0, 0.05) is 17.7 Å². The molecule has 0 N–H and O–H groups in total. The highest BCUT2D eigenvalue weighted by Crippen LogP contribution is 2.16. The van der Waals surface area contributed by atoms with E-state index < -0.39 is 5.60 Å². The van der Waals surface area contributed by atoms with Gasteiger partial charge in [0.25, 0.3) is 0 Å². The quantitative estimate of drug-likeness (QED) is 0.838. The number of pyridine rings is 1. The highest BCUT2D eigenvalue weighted by atomic mass is 79.9. The van der Waals surface area contributed by atoms with Crippen LogP contribution in [0.4, 0.5) is 4.79 Å². The van der Waals surface area contributed by atoms with Gasteiger partial charge in [-0.15, -0.1) is 0 Å². The molecule has 1 amide bonds. The Hall–Kier alpha value is -1.10. The number of aromatic nitrogens is 1. The lowest BCUT2D eigenvalue weighted by atomic mass is 10.2. The molecule has 0 aliphatic rings. The molecule has 0 unspecified atom stereocenters. The van der Waals surface area contributed by atoms with Crippen molar-refractivity contribution in [3.05, 3.63) is 28.0 Å². The molecule has 5 heteroatoms. The molecule has 100 valence electrons. The first-order valence-electron chi connectivity index (χ1n) is 5.74. The summed E-state index contributed by atoms with van der Waals surface area (Å²) in [5.41, 5.74) is 1.45. The van der Waals surface area contributed by atoms with Gasteiger partial charge in [-0.1, -0.05) is 0 Å². The molecule has 1 aromatic heterocycles. The third-order valence-corrected chi connectivity index (χ3v) is 3.04. The summed E-state index contributed by atoms with van der Waals surface area (Å²) < 4.78 is 6.24. The molecule has 0 bridgehead atoms. The van der Waals surface area contributed by atoms with Crippen LogP contribution in [-0.4, -0.2) is 28.6 Å². The molecule has 1 rings (SSSR count). The fraction of sp³-hybridized carbons (Fsp3) is 0.538. The van der Waals surface area contributed by atoms with E-state index in [1.165, 1.54) is 4.90 Å². The Kier molecular flexibility index (Phi) is 4.73. The molecular weight excluding hydrogens is 296 g/mol. The topological polar surface area (TPSA) is 42.4 Å². The molecule has 0 atom stereocenters. The summed E-state index contributed by atoms with van der Waals surface area (Å²) in [5.74, 6) is 0. The minimum atomic E-state index is -0.478. The lowest BCUT2D eigenvalue weighted by Crippen LogP contribution is -2.34. The average molecular weight is 315 g/mol. The minimum absolute atomic E-state index is 0.343. The lowest BCUT2D eigenvalue weighted by Gasteiger charge is -2.24. The second-order valence-electron chi connectivity index (χ2n) is 5.26. The van der Waals surface area contributed by atoms with Gasteiger partial charge in [-0.2, -0.15) is 0 Å². The monoisotopic (exact) mass is 314 g/mol. The number of carbonyl (C=O) groups excluding carboxylic acids is 1. The zero-order valence-corrected chi connectivity index (χ0v) is 13.0. The molecule has 0 aliphatic heterocycles. The van der Waals surface area contributed by atoms with Gasteiger partial charge in [0.2, 0.25) is 0 Å². The van der Waals surface area contributed by atoms with Crippen LogP contribution in [0, 0.1) is 6.92 Å². The molecule has 0 fully saturated rings. The van der Waals surface area contributed by atoms with E-state index in [1.807, 2.05) is 33.8 Å². The lowest BCUT2D eigenvalue weighted by molar-refractivity contribution is 0.0283. The first-order valence-corrected chi connectivity index (χ1v) is 6.53. The smallest absolute Gasteiger partial charge is 0.410 e. The van der Waals surface area contributed by atoms with E-state index in [9.17, 15) is 4.79 Å². The highest BCUT2D eigenvalue weighted by molar-refractivity contribution is 9.10. The van der Waals surface area contributed by atoms with E-state index in [2.05, 4.69) is 20.9 Å². The number of amides is 1. The first kappa shape index (κ1) is 15.0. The SMILES string of the molecule is Cc1cc(CN(C)C(=O)OC(C)(C)C)ncc1Br. The van der Waals surface area contributed by atoms with E-state index >= 15 is 0 Å². The van der Waals surface area contributed by atoms with Gasteiger partial charge in [-0.05, 0) is 55.3 Å². The van der Waals surface area contributed by atoms with E-state index in [4.69, 9.17) is 4.74 Å². The van der Waals surface area contributed by atoms with E-state index in [0.29, 0.717) is 6.54 Å². The second-order valence-corrected chi connectivity index (χ2v) is 6.12. The average Bonchev–Trinajstić information content (AvgIpc) is 2.21. The van der Waals surface area contributed by atoms with Gasteiger partial charge in [0.15, 0.2) is 0 Å². The summed E-state index contributed by atoms with van der Waals surface area (Å²) >= 11 is 3.40. The van der Waals surface area contributed by atoms with Gasteiger partial charge < -0.3 is 9.64 Å². The molecule has 0 aromatic carbocycles. The number of rotatable bonds is 2. The summed E-state index contributed by atoms with van der Waals surface area (Å²) in [6.45, 7) is 7.97. The van der Waals surface area contributed by atoms with Crippen LogP contribution in [0.3, 0.4) is 0 Å². The minimum Gasteiger partial charge on any atom is -0.444 e. The van der Waals surface area contributed by atoms with Crippen LogP contribution < -0.4 is 0 Å². The Bertz CT molecular complexity index is 441. The van der Waals surface area contributed by atoms with Gasteiger partial charge >= 0.3 is 6.09 Å². The number of ether oxygens (including phenoxy) is 1. The number of halogens is 1. The van der Waals surface area contributed by atoms with Gasteiger partial charge in [0.1, 0.15) is 5.60 Å². The Morgan fingerprint density at radius 1 is 1.50 bits per heavy atom. The molecule has 0 saturated heterocycles. The fourth-order valence-corrected chi connectivity index (χ4v) is 1.55. The van der Waals surface area contributed by atoms with Crippen LogP contribution >= 0.6 is 15.9 Å². The molecule has 0 saturated carbocycles. The number of hydrogen-bond donors (Lipinski definition) is 0. The Balaban J connectivity index is 2.66. The maximum Gasteiger partial charge on any atom is 0.410 e. The Labute approximate surface area is 116 Å². The predicted molar refractivity (Wildman–Crippen MR) is 74.4 cm³/mol. The zero-order chi connectivity index (χ0) is 13.9. The van der Waals surface area contributed by atoms with Gasteiger partial charge in [-0.25, -0.2) is 4.79 Å². The maximum absolute atomic E-state index is 11.8. The van der Waals surface area contributed by atoms with Crippen molar-refractivity contribution in [3.63, 3.8) is 0 Å². The third-order valence-electron chi connectivity index (χ3n) is 2.21. The summed E-state index contributed by atoms with van der Waals surface area (Å²) in [4.78, 5) is 17.6. The van der Waals surface area contributed by atoms with Gasteiger partial charge in [-0.3, -0.25) is 4.98 Å². The van der Waals surface area contributed by atoms with E-state index in [1.54, 1.807) is 13.2 Å². The van der Waals surface area contributed by atoms with Crippen LogP contribution in [0.25, 0.3) is 0 Å². The van der Waals surface area contributed by atoms with Gasteiger partial charge in [0.05, 0.1) is 12.2 Å². The molecule has 0 spiro atoms. The fourth-order valence-electron chi connectivity index (χ4n) is 1.33. The van der Waals surface area contributed by atoms with Crippen molar-refractivity contribution in [2.75, 3.05) is 7.05 Å². The van der Waals surface area contributed by atoms with E-state index in [0.717, 1.165) is 15.7 Å². The third kappa shape index (κ3) is 4.64. The Morgan fingerprint density at radius 3 is 2.61 bits per heavy atom. The van der Waals surface area contributed by atoms with Crippen molar-refractivity contribution < 1.29 is 9.53 Å². The number of nitrogens with zero attached hydrogens (tertiary/aromatic N) is 2. The predicted octanol–water partition coefficient (Wildman–Crippen LogP) is 3.52. The van der Waals surface area contributed by atoms with Crippen molar-refractivity contribution in [1.29, 1.82) is 0 Å². The van der Waals surface area contributed by atoms with E-state index in [-0.39, 0.29) is 6.09 Å². The van der Waals surface area contributed by atoms with Crippen molar-refractivity contribution in [2.24, 2.45) is 0 Å². The van der Waals surface area contributed by atoms with Crippen LogP contribution in [0.2, 0.25) is 0 Å². The van der Waals surface area contributed by atoms with Crippen molar-refractivity contribution in [2.45, 2.75) is 39.8 Å². The van der Waals surface area contributed by atoms with Crippen molar-refractivity contribution in [3.8, 4) is 0 Å². The largest absolute Gasteiger partial charge is 0.444 e. The zero-order valence-electron chi connectivity index (χ0n) is 11.5. The second kappa shape index (κ2) is 5.69. The normalized spacial score (nSPS) is 11.2. The molecule has 18 heavy (non-hydrogen) atoms. The van der Waals surface area contributed by atoms with Crippen molar-refractivity contribution in [1.82, 2.24) is 9.88 Å². The number of carbonyl (C=O) groups is 1. The number of aryl methyl sites for hydroxylation is 1. The molecule has 1 heterocycles. The molecule has 1 aromatic rings. The molecule has 4 nitrogen and oxygen atoms in total. The van der Waals surface area contributed by atoms with Crippen molar-refractivity contribution >= 4 is 22.0 Å². The summed E-state index contributed by atoms with van der Waals surface area (Å²) in [7, 11) is 1.70. The maximum atomic E-state index is 11.8. The van der Waals surface area contributed by atoms with Crippen LogP contribution in [0.15, 0.2) is 16.7 Å². The highest BCUT2D eigenvalue weighted by Gasteiger charge is 2.19. The summed E-state index contributed by atoms with van der Waals surface area (Å²) in [6, 6.07) is 1.95. The summed E-state index contributed by atoms with van der Waals surface area (Å²) in [5, 5.41) is 0. The summed E-state index contributed by atoms with van der Waals surface area (Å²) in [6.07, 6.45) is 1.40. The number of hydrogen-bond acceptors (Lipinski definition) is 3. The standard InChI is InChI=1S/C13H19BrN2O2/c1-9-6-10(15-7-11(9)14)8-16(5)12(17)18-13(2,3)4/h6-7H,8H2,1-5H3. The van der Waals surface area contributed by atoms with Crippen LogP contribution in [0.5, 0.6) is 0 Å². The Morgan fingerprint density at radius 2 is 2.11 bits per heavy atom.